The molecule has 0 radical (unpaired) electrons. The fourth-order valence-corrected chi connectivity index (χ4v) is 2.84. The van der Waals surface area contributed by atoms with Gasteiger partial charge in [0.15, 0.2) is 0 Å². The topological polar surface area (TPSA) is 64.2 Å². The van der Waals surface area contributed by atoms with Gasteiger partial charge in [0.05, 0.1) is 22.8 Å². The van der Waals surface area contributed by atoms with E-state index in [2.05, 4.69) is 22.8 Å². The number of fused-ring (bicyclic) bond motifs is 1. The van der Waals surface area contributed by atoms with E-state index < -0.39 is 7.12 Å². The van der Waals surface area contributed by atoms with E-state index in [0.717, 1.165) is 16.4 Å². The number of H-pyrrole nitrogens is 1. The molecule has 5 nitrogen and oxygen atoms in total. The fourth-order valence-electron chi connectivity index (χ4n) is 2.60. The van der Waals surface area contributed by atoms with Crippen LogP contribution in [0.15, 0.2) is 34.7 Å². The molecule has 0 atom stereocenters. The third kappa shape index (κ3) is 3.03. The standard InChI is InChI=1S/C17H21BN2O3S/c1-16(2)17(3,4)23-18(22-16)13(10-24)8-11-5-6-14-12(7-11)9-19-20-15(14)21/h5-9,24H,10H2,1-4H3,(H,20,21). The zero-order valence-electron chi connectivity index (χ0n) is 14.3. The van der Waals surface area contributed by atoms with E-state index in [1.807, 2.05) is 45.9 Å². The second-order valence-electron chi connectivity index (χ2n) is 7.01. The first-order chi connectivity index (χ1) is 11.2. The van der Waals surface area contributed by atoms with E-state index in [-0.39, 0.29) is 16.8 Å². The summed E-state index contributed by atoms with van der Waals surface area (Å²) in [6.45, 7) is 8.10. The third-order valence-corrected chi connectivity index (χ3v) is 5.15. The van der Waals surface area contributed by atoms with Crippen molar-refractivity contribution in [3.05, 3.63) is 45.8 Å². The minimum absolute atomic E-state index is 0.191. The summed E-state index contributed by atoms with van der Waals surface area (Å²) in [4.78, 5) is 11.7. The van der Waals surface area contributed by atoms with E-state index in [4.69, 9.17) is 9.31 Å². The van der Waals surface area contributed by atoms with Gasteiger partial charge >= 0.3 is 7.12 Å². The summed E-state index contributed by atoms with van der Waals surface area (Å²) in [5, 5.41) is 7.69. The molecule has 0 saturated carbocycles. The van der Waals surface area contributed by atoms with Crippen molar-refractivity contribution in [1.29, 1.82) is 0 Å². The average Bonchev–Trinajstić information content (AvgIpc) is 2.73. The molecule has 2 aromatic rings. The lowest BCUT2D eigenvalue weighted by atomic mass is 9.78. The van der Waals surface area contributed by atoms with Crippen LogP contribution in [0.4, 0.5) is 0 Å². The molecule has 7 heteroatoms. The van der Waals surface area contributed by atoms with Gasteiger partial charge in [0, 0.05) is 11.1 Å². The molecule has 126 valence electrons. The van der Waals surface area contributed by atoms with Crippen molar-refractivity contribution in [3.8, 4) is 0 Å². The Morgan fingerprint density at radius 3 is 2.58 bits per heavy atom. The van der Waals surface area contributed by atoms with Gasteiger partial charge in [-0.1, -0.05) is 12.1 Å². The second kappa shape index (κ2) is 6.06. The van der Waals surface area contributed by atoms with Crippen LogP contribution in [0, 0.1) is 0 Å². The molecular weight excluding hydrogens is 323 g/mol. The summed E-state index contributed by atoms with van der Waals surface area (Å²) < 4.78 is 12.2. The highest BCUT2D eigenvalue weighted by atomic mass is 32.1. The van der Waals surface area contributed by atoms with Crippen LogP contribution < -0.4 is 5.56 Å². The van der Waals surface area contributed by atoms with Gasteiger partial charge in [0.2, 0.25) is 0 Å². The van der Waals surface area contributed by atoms with Gasteiger partial charge in [-0.15, -0.1) is 0 Å². The largest absolute Gasteiger partial charge is 0.491 e. The van der Waals surface area contributed by atoms with Crippen molar-refractivity contribution in [1.82, 2.24) is 10.2 Å². The van der Waals surface area contributed by atoms with Crippen molar-refractivity contribution < 1.29 is 9.31 Å². The molecule has 1 N–H and O–H groups in total. The number of nitrogens with one attached hydrogen (secondary N) is 1. The number of rotatable bonds is 3. The van der Waals surface area contributed by atoms with Crippen LogP contribution in [0.3, 0.4) is 0 Å². The lowest BCUT2D eigenvalue weighted by Gasteiger charge is -2.32. The number of hydrogen-bond acceptors (Lipinski definition) is 5. The Kier molecular flexibility index (Phi) is 4.36. The molecule has 1 aliphatic heterocycles. The minimum atomic E-state index is -0.430. The summed E-state index contributed by atoms with van der Waals surface area (Å²) in [6, 6.07) is 5.61. The predicted molar refractivity (Wildman–Crippen MR) is 100 cm³/mol. The molecule has 2 heterocycles. The van der Waals surface area contributed by atoms with Crippen LogP contribution in [0.2, 0.25) is 0 Å². The first kappa shape index (κ1) is 17.3. The van der Waals surface area contributed by atoms with Crippen LogP contribution in [0.1, 0.15) is 33.3 Å². The third-order valence-electron chi connectivity index (χ3n) is 4.78. The molecule has 1 saturated heterocycles. The summed E-state index contributed by atoms with van der Waals surface area (Å²) in [6.07, 6.45) is 3.64. The number of nitrogens with zero attached hydrogens (tertiary/aromatic N) is 1. The zero-order chi connectivity index (χ0) is 17.5. The van der Waals surface area contributed by atoms with Gasteiger partial charge in [-0.2, -0.15) is 17.7 Å². The van der Waals surface area contributed by atoms with E-state index in [9.17, 15) is 4.79 Å². The van der Waals surface area contributed by atoms with E-state index in [1.54, 1.807) is 12.3 Å². The molecule has 1 fully saturated rings. The van der Waals surface area contributed by atoms with Gasteiger partial charge in [-0.05, 0) is 50.9 Å². The van der Waals surface area contributed by atoms with Gasteiger partial charge in [0.1, 0.15) is 0 Å². The molecular formula is C17H21BN2O3S. The minimum Gasteiger partial charge on any atom is -0.400 e. The molecule has 1 aromatic carbocycles. The van der Waals surface area contributed by atoms with Crippen molar-refractivity contribution >= 4 is 36.6 Å². The normalized spacial score (nSPS) is 19.9. The maximum atomic E-state index is 11.7. The van der Waals surface area contributed by atoms with Crippen LogP contribution in [-0.4, -0.2) is 34.3 Å². The molecule has 0 bridgehead atoms. The van der Waals surface area contributed by atoms with Crippen LogP contribution in [0.25, 0.3) is 16.8 Å². The Morgan fingerprint density at radius 2 is 1.96 bits per heavy atom. The monoisotopic (exact) mass is 344 g/mol. The number of benzene rings is 1. The zero-order valence-corrected chi connectivity index (χ0v) is 15.2. The smallest absolute Gasteiger partial charge is 0.400 e. The summed E-state index contributed by atoms with van der Waals surface area (Å²) in [7, 11) is -0.430. The van der Waals surface area contributed by atoms with Crippen molar-refractivity contribution in [2.75, 3.05) is 5.75 Å². The lowest BCUT2D eigenvalue weighted by Crippen LogP contribution is -2.41. The Hall–Kier alpha value is -1.57. The van der Waals surface area contributed by atoms with E-state index in [0.29, 0.717) is 11.1 Å². The molecule has 0 aliphatic carbocycles. The van der Waals surface area contributed by atoms with Crippen molar-refractivity contribution in [3.63, 3.8) is 0 Å². The number of hydrogen-bond donors (Lipinski definition) is 2. The SMILES string of the molecule is CC1(C)OB(C(=Cc2ccc3c(=O)[nH]ncc3c2)CS)OC1(C)C. The maximum absolute atomic E-state index is 11.7. The maximum Gasteiger partial charge on any atom is 0.491 e. The molecule has 0 spiro atoms. The highest BCUT2D eigenvalue weighted by Gasteiger charge is 2.52. The first-order valence-corrected chi connectivity index (χ1v) is 8.51. The summed E-state index contributed by atoms with van der Waals surface area (Å²) >= 11 is 4.43. The van der Waals surface area contributed by atoms with E-state index in [1.165, 1.54) is 0 Å². The van der Waals surface area contributed by atoms with Crippen LogP contribution in [-0.2, 0) is 9.31 Å². The summed E-state index contributed by atoms with van der Waals surface area (Å²) in [5.41, 5.74) is 0.923. The number of aromatic nitrogens is 2. The highest BCUT2D eigenvalue weighted by Crippen LogP contribution is 2.39. The molecule has 24 heavy (non-hydrogen) atoms. The molecule has 1 aliphatic rings. The summed E-state index contributed by atoms with van der Waals surface area (Å²) in [5.74, 6) is 0.516. The number of aromatic amines is 1. The lowest BCUT2D eigenvalue weighted by molar-refractivity contribution is 0.00578. The fraction of sp³-hybridized carbons (Fsp3) is 0.412. The van der Waals surface area contributed by atoms with Gasteiger partial charge in [-0.3, -0.25) is 4.79 Å². The Labute approximate surface area is 147 Å². The van der Waals surface area contributed by atoms with Crippen molar-refractivity contribution in [2.24, 2.45) is 0 Å². The average molecular weight is 344 g/mol. The van der Waals surface area contributed by atoms with E-state index >= 15 is 0 Å². The first-order valence-electron chi connectivity index (χ1n) is 7.88. The van der Waals surface area contributed by atoms with Crippen LogP contribution >= 0.6 is 12.6 Å². The van der Waals surface area contributed by atoms with Crippen LogP contribution in [0.5, 0.6) is 0 Å². The quantitative estimate of drug-likeness (QED) is 0.664. The predicted octanol–water partition coefficient (Wildman–Crippen LogP) is 2.87. The molecule has 3 rings (SSSR count). The Bertz CT molecular complexity index is 844. The highest BCUT2D eigenvalue weighted by molar-refractivity contribution is 7.80. The van der Waals surface area contributed by atoms with Gasteiger partial charge < -0.3 is 9.31 Å². The molecule has 1 aromatic heterocycles. The second-order valence-corrected chi connectivity index (χ2v) is 7.33. The van der Waals surface area contributed by atoms with Gasteiger partial charge in [-0.25, -0.2) is 5.10 Å². The Balaban J connectivity index is 1.96. The van der Waals surface area contributed by atoms with Gasteiger partial charge in [0.25, 0.3) is 5.56 Å². The molecule has 0 amide bonds. The van der Waals surface area contributed by atoms with Crippen molar-refractivity contribution in [2.45, 2.75) is 38.9 Å². The molecule has 0 unspecified atom stereocenters. The number of thiol groups is 1. The Morgan fingerprint density at radius 1 is 1.29 bits per heavy atom.